The van der Waals surface area contributed by atoms with Crippen molar-refractivity contribution in [1.82, 2.24) is 10.6 Å². The molecule has 0 spiro atoms. The number of carboxylic acids is 1. The van der Waals surface area contributed by atoms with Crippen molar-refractivity contribution in [3.05, 3.63) is 35.9 Å². The summed E-state index contributed by atoms with van der Waals surface area (Å²) < 4.78 is 0. The van der Waals surface area contributed by atoms with Gasteiger partial charge in [-0.2, -0.15) is 0 Å². The van der Waals surface area contributed by atoms with E-state index in [4.69, 9.17) is 5.11 Å². The summed E-state index contributed by atoms with van der Waals surface area (Å²) >= 11 is 0. The molecular formula is C14H18N2O4. The molecule has 6 heteroatoms. The van der Waals surface area contributed by atoms with Crippen LogP contribution in [0.1, 0.15) is 30.1 Å². The van der Waals surface area contributed by atoms with Gasteiger partial charge in [-0.1, -0.05) is 31.5 Å². The molecule has 0 fully saturated rings. The molecule has 1 aromatic carbocycles. The van der Waals surface area contributed by atoms with Gasteiger partial charge >= 0.3 is 5.97 Å². The van der Waals surface area contributed by atoms with Crippen LogP contribution >= 0.6 is 0 Å². The third kappa shape index (κ3) is 5.09. The van der Waals surface area contributed by atoms with E-state index in [1.807, 2.05) is 6.92 Å². The molecule has 3 N–H and O–H groups in total. The molecule has 6 nitrogen and oxygen atoms in total. The fourth-order valence-electron chi connectivity index (χ4n) is 1.64. The molecule has 0 bridgehead atoms. The predicted molar refractivity (Wildman–Crippen MR) is 73.2 cm³/mol. The smallest absolute Gasteiger partial charge is 0.326 e. The van der Waals surface area contributed by atoms with E-state index in [9.17, 15) is 14.4 Å². The Balaban J connectivity index is 2.43. The maximum absolute atomic E-state index is 11.7. The Hall–Kier alpha value is -2.37. The summed E-state index contributed by atoms with van der Waals surface area (Å²) in [5, 5.41) is 13.7. The Bertz CT molecular complexity index is 473. The summed E-state index contributed by atoms with van der Waals surface area (Å²) in [6.07, 6.45) is 1.00. The number of benzene rings is 1. The standard InChI is InChI=1S/C14H18N2O4/c1-2-6-11(14(19)20)16-12(17)9-15-13(18)10-7-4-3-5-8-10/h3-5,7-8,11H,2,6,9H2,1H3,(H,15,18)(H,16,17)(H,19,20)/t11-/m0/s1. The molecule has 0 aliphatic carbocycles. The number of hydrogen-bond acceptors (Lipinski definition) is 3. The lowest BCUT2D eigenvalue weighted by Crippen LogP contribution is -2.45. The highest BCUT2D eigenvalue weighted by Gasteiger charge is 2.18. The Morgan fingerprint density at radius 3 is 2.40 bits per heavy atom. The van der Waals surface area contributed by atoms with Crippen molar-refractivity contribution >= 4 is 17.8 Å². The Labute approximate surface area is 117 Å². The minimum atomic E-state index is -1.07. The molecule has 108 valence electrons. The third-order valence-corrected chi connectivity index (χ3v) is 2.66. The number of carbonyl (C=O) groups is 3. The van der Waals surface area contributed by atoms with E-state index in [1.54, 1.807) is 30.3 Å². The highest BCUT2D eigenvalue weighted by Crippen LogP contribution is 1.98. The largest absolute Gasteiger partial charge is 0.480 e. The minimum Gasteiger partial charge on any atom is -0.480 e. The number of rotatable bonds is 7. The molecule has 2 amide bonds. The van der Waals surface area contributed by atoms with Gasteiger partial charge in [-0.3, -0.25) is 9.59 Å². The molecular weight excluding hydrogens is 260 g/mol. The van der Waals surface area contributed by atoms with Gasteiger partial charge in [-0.15, -0.1) is 0 Å². The molecule has 0 saturated carbocycles. The van der Waals surface area contributed by atoms with E-state index < -0.39 is 17.9 Å². The predicted octanol–water partition coefficient (Wildman–Crippen LogP) is 0.786. The van der Waals surface area contributed by atoms with Crippen LogP contribution in [0.15, 0.2) is 30.3 Å². The van der Waals surface area contributed by atoms with Gasteiger partial charge in [0.25, 0.3) is 5.91 Å². The number of carbonyl (C=O) groups excluding carboxylic acids is 2. The summed E-state index contributed by atoms with van der Waals surface area (Å²) in [5.41, 5.74) is 0.448. The van der Waals surface area contributed by atoms with Gasteiger partial charge in [0, 0.05) is 5.56 Å². The molecule has 0 unspecified atom stereocenters. The summed E-state index contributed by atoms with van der Waals surface area (Å²) in [4.78, 5) is 34.1. The fourth-order valence-corrected chi connectivity index (χ4v) is 1.64. The lowest BCUT2D eigenvalue weighted by molar-refractivity contribution is -0.141. The molecule has 0 saturated heterocycles. The molecule has 1 atom stereocenters. The van der Waals surface area contributed by atoms with Crippen molar-refractivity contribution in [3.63, 3.8) is 0 Å². The first-order valence-corrected chi connectivity index (χ1v) is 6.40. The zero-order valence-electron chi connectivity index (χ0n) is 11.3. The number of aliphatic carboxylic acids is 1. The van der Waals surface area contributed by atoms with Crippen LogP contribution in [0.3, 0.4) is 0 Å². The monoisotopic (exact) mass is 278 g/mol. The fraction of sp³-hybridized carbons (Fsp3) is 0.357. The molecule has 1 rings (SSSR count). The molecule has 20 heavy (non-hydrogen) atoms. The summed E-state index contributed by atoms with van der Waals surface area (Å²) in [6, 6.07) is 7.56. The average molecular weight is 278 g/mol. The van der Waals surface area contributed by atoms with Crippen molar-refractivity contribution in [2.75, 3.05) is 6.54 Å². The lowest BCUT2D eigenvalue weighted by atomic mass is 10.1. The van der Waals surface area contributed by atoms with E-state index >= 15 is 0 Å². The summed E-state index contributed by atoms with van der Waals surface area (Å²) in [5.74, 6) is -1.96. The van der Waals surface area contributed by atoms with E-state index in [-0.39, 0.29) is 12.5 Å². The second-order valence-corrected chi connectivity index (χ2v) is 4.30. The molecule has 0 radical (unpaired) electrons. The van der Waals surface area contributed by atoms with Crippen LogP contribution in [0.4, 0.5) is 0 Å². The van der Waals surface area contributed by atoms with E-state index in [0.717, 1.165) is 0 Å². The summed E-state index contributed by atoms with van der Waals surface area (Å²) in [6.45, 7) is 1.58. The Kier molecular flexibility index (Phi) is 6.22. The van der Waals surface area contributed by atoms with Crippen molar-refractivity contribution < 1.29 is 19.5 Å². The first-order valence-electron chi connectivity index (χ1n) is 6.40. The van der Waals surface area contributed by atoms with Crippen molar-refractivity contribution in [3.8, 4) is 0 Å². The second kappa shape index (κ2) is 7.93. The quantitative estimate of drug-likeness (QED) is 0.687. The van der Waals surface area contributed by atoms with Gasteiger partial charge < -0.3 is 15.7 Å². The van der Waals surface area contributed by atoms with E-state index in [2.05, 4.69) is 10.6 Å². The topological polar surface area (TPSA) is 95.5 Å². The van der Waals surface area contributed by atoms with Gasteiger partial charge in [0.1, 0.15) is 6.04 Å². The van der Waals surface area contributed by atoms with Gasteiger partial charge in [-0.05, 0) is 18.6 Å². The van der Waals surface area contributed by atoms with Gasteiger partial charge in [-0.25, -0.2) is 4.79 Å². The van der Waals surface area contributed by atoms with Crippen molar-refractivity contribution in [2.45, 2.75) is 25.8 Å². The second-order valence-electron chi connectivity index (χ2n) is 4.30. The number of carboxylic acid groups (broad SMARTS) is 1. The zero-order chi connectivity index (χ0) is 15.0. The lowest BCUT2D eigenvalue weighted by Gasteiger charge is -2.13. The number of hydrogen-bond donors (Lipinski definition) is 3. The molecule has 1 aromatic rings. The highest BCUT2D eigenvalue weighted by molar-refractivity contribution is 5.96. The van der Waals surface area contributed by atoms with Crippen LogP contribution in [0.25, 0.3) is 0 Å². The summed E-state index contributed by atoms with van der Waals surface area (Å²) in [7, 11) is 0. The average Bonchev–Trinajstić information content (AvgIpc) is 2.45. The van der Waals surface area contributed by atoms with Gasteiger partial charge in [0.15, 0.2) is 0 Å². The maximum Gasteiger partial charge on any atom is 0.326 e. The highest BCUT2D eigenvalue weighted by atomic mass is 16.4. The minimum absolute atomic E-state index is 0.249. The number of amides is 2. The third-order valence-electron chi connectivity index (χ3n) is 2.66. The maximum atomic E-state index is 11.7. The van der Waals surface area contributed by atoms with Crippen LogP contribution in [0.2, 0.25) is 0 Å². The SMILES string of the molecule is CCC[C@H](NC(=O)CNC(=O)c1ccccc1)C(=O)O. The van der Waals surface area contributed by atoms with Crippen LogP contribution in [-0.2, 0) is 9.59 Å². The number of nitrogens with one attached hydrogen (secondary N) is 2. The van der Waals surface area contributed by atoms with Gasteiger partial charge in [0.05, 0.1) is 6.54 Å². The van der Waals surface area contributed by atoms with Crippen molar-refractivity contribution in [1.29, 1.82) is 0 Å². The van der Waals surface area contributed by atoms with Crippen molar-refractivity contribution in [2.24, 2.45) is 0 Å². The molecule has 0 aromatic heterocycles. The van der Waals surface area contributed by atoms with Gasteiger partial charge in [0.2, 0.25) is 5.91 Å². The first-order chi connectivity index (χ1) is 9.54. The normalized spacial score (nSPS) is 11.4. The molecule has 0 heterocycles. The Morgan fingerprint density at radius 2 is 1.85 bits per heavy atom. The van der Waals surface area contributed by atoms with E-state index in [0.29, 0.717) is 18.4 Å². The zero-order valence-corrected chi connectivity index (χ0v) is 11.3. The Morgan fingerprint density at radius 1 is 1.20 bits per heavy atom. The van der Waals surface area contributed by atoms with Crippen LogP contribution < -0.4 is 10.6 Å². The van der Waals surface area contributed by atoms with E-state index in [1.165, 1.54) is 0 Å². The molecule has 0 aliphatic heterocycles. The first kappa shape index (κ1) is 15.7. The molecule has 0 aliphatic rings. The van der Waals surface area contributed by atoms with Crippen LogP contribution in [0.5, 0.6) is 0 Å². The van der Waals surface area contributed by atoms with Crippen LogP contribution in [-0.4, -0.2) is 35.5 Å². The van der Waals surface area contributed by atoms with Crippen LogP contribution in [0, 0.1) is 0 Å².